The second-order valence-corrected chi connectivity index (χ2v) is 5.44. The van der Waals surface area contributed by atoms with Crippen molar-refractivity contribution in [3.05, 3.63) is 23.8 Å². The van der Waals surface area contributed by atoms with Crippen LogP contribution in [-0.2, 0) is 0 Å². The van der Waals surface area contributed by atoms with Gasteiger partial charge in [-0.15, -0.1) is 0 Å². The first-order valence-electron chi connectivity index (χ1n) is 7.07. The van der Waals surface area contributed by atoms with E-state index in [1.165, 1.54) is 12.8 Å². The molecule has 1 aromatic carbocycles. The SMILES string of the molecule is CCC1(C(O)c2ccc(OC)c(OC)c2)CCCC1. The van der Waals surface area contributed by atoms with E-state index >= 15 is 0 Å². The molecule has 0 heterocycles. The highest BCUT2D eigenvalue weighted by Gasteiger charge is 2.39. The third kappa shape index (κ3) is 2.57. The lowest BCUT2D eigenvalue weighted by molar-refractivity contribution is 0.0236. The van der Waals surface area contributed by atoms with Crippen LogP contribution in [-0.4, -0.2) is 19.3 Å². The molecule has 0 bridgehead atoms. The molecule has 1 aliphatic rings. The number of aliphatic hydroxyl groups excluding tert-OH is 1. The molecule has 0 amide bonds. The standard InChI is InChI=1S/C16H24O3/c1-4-16(9-5-6-10-16)15(17)12-7-8-13(18-2)14(11-12)19-3/h7-8,11,15,17H,4-6,9-10H2,1-3H3. The molecule has 2 rings (SSSR count). The van der Waals surface area contributed by atoms with Crippen LogP contribution in [0.4, 0.5) is 0 Å². The van der Waals surface area contributed by atoms with Gasteiger partial charge < -0.3 is 14.6 Å². The van der Waals surface area contributed by atoms with Gasteiger partial charge in [-0.2, -0.15) is 0 Å². The highest BCUT2D eigenvalue weighted by atomic mass is 16.5. The molecule has 3 heteroatoms. The molecule has 0 radical (unpaired) electrons. The summed E-state index contributed by atoms with van der Waals surface area (Å²) in [4.78, 5) is 0. The zero-order valence-electron chi connectivity index (χ0n) is 12.1. The minimum absolute atomic E-state index is 0.0413. The number of hydrogen-bond acceptors (Lipinski definition) is 3. The van der Waals surface area contributed by atoms with Crippen LogP contribution < -0.4 is 9.47 Å². The molecule has 1 aromatic rings. The predicted octanol–water partition coefficient (Wildman–Crippen LogP) is 3.71. The Balaban J connectivity index is 2.30. The van der Waals surface area contributed by atoms with Crippen molar-refractivity contribution in [2.75, 3.05) is 14.2 Å². The van der Waals surface area contributed by atoms with Crippen molar-refractivity contribution >= 4 is 0 Å². The average Bonchev–Trinajstić information content (AvgIpc) is 2.95. The summed E-state index contributed by atoms with van der Waals surface area (Å²) >= 11 is 0. The second kappa shape index (κ2) is 5.83. The largest absolute Gasteiger partial charge is 0.493 e. The summed E-state index contributed by atoms with van der Waals surface area (Å²) in [7, 11) is 3.25. The molecule has 1 unspecified atom stereocenters. The molecule has 1 fully saturated rings. The molecular weight excluding hydrogens is 240 g/mol. The van der Waals surface area contributed by atoms with E-state index in [2.05, 4.69) is 6.92 Å². The fourth-order valence-electron chi connectivity index (χ4n) is 3.28. The maximum absolute atomic E-state index is 10.8. The van der Waals surface area contributed by atoms with Gasteiger partial charge in [-0.25, -0.2) is 0 Å². The van der Waals surface area contributed by atoms with Gasteiger partial charge in [-0.3, -0.25) is 0 Å². The molecule has 1 aliphatic carbocycles. The number of methoxy groups -OCH3 is 2. The molecule has 1 saturated carbocycles. The number of rotatable bonds is 5. The molecular formula is C16H24O3. The molecule has 1 atom stereocenters. The minimum Gasteiger partial charge on any atom is -0.493 e. The maximum Gasteiger partial charge on any atom is 0.161 e. The summed E-state index contributed by atoms with van der Waals surface area (Å²) in [5.41, 5.74) is 0.973. The van der Waals surface area contributed by atoms with E-state index in [1.807, 2.05) is 18.2 Å². The maximum atomic E-state index is 10.8. The van der Waals surface area contributed by atoms with E-state index in [4.69, 9.17) is 9.47 Å². The van der Waals surface area contributed by atoms with E-state index in [-0.39, 0.29) is 5.41 Å². The van der Waals surface area contributed by atoms with E-state index in [0.29, 0.717) is 11.5 Å². The first kappa shape index (κ1) is 14.2. The third-order valence-electron chi connectivity index (χ3n) is 4.61. The lowest BCUT2D eigenvalue weighted by Crippen LogP contribution is -2.25. The lowest BCUT2D eigenvalue weighted by Gasteiger charge is -2.33. The van der Waals surface area contributed by atoms with Crippen LogP contribution in [0.5, 0.6) is 11.5 Å². The van der Waals surface area contributed by atoms with Crippen LogP contribution in [0.2, 0.25) is 0 Å². The first-order chi connectivity index (χ1) is 9.16. The van der Waals surface area contributed by atoms with Crippen LogP contribution in [0, 0.1) is 5.41 Å². The number of benzene rings is 1. The molecule has 106 valence electrons. The van der Waals surface area contributed by atoms with Gasteiger partial charge in [0.15, 0.2) is 11.5 Å². The van der Waals surface area contributed by atoms with Gasteiger partial charge >= 0.3 is 0 Å². The van der Waals surface area contributed by atoms with Gasteiger partial charge in [-0.05, 0) is 37.0 Å². The summed E-state index contributed by atoms with van der Waals surface area (Å²) in [5.74, 6) is 1.39. The quantitative estimate of drug-likeness (QED) is 0.881. The Kier molecular flexibility index (Phi) is 4.35. The smallest absolute Gasteiger partial charge is 0.161 e. The van der Waals surface area contributed by atoms with Crippen molar-refractivity contribution in [3.8, 4) is 11.5 Å². The molecule has 19 heavy (non-hydrogen) atoms. The Morgan fingerprint density at radius 2 is 1.79 bits per heavy atom. The molecule has 3 nitrogen and oxygen atoms in total. The second-order valence-electron chi connectivity index (χ2n) is 5.44. The molecule has 0 aliphatic heterocycles. The van der Waals surface area contributed by atoms with Gasteiger partial charge in [0, 0.05) is 5.41 Å². The van der Waals surface area contributed by atoms with Gasteiger partial charge in [0.2, 0.25) is 0 Å². The summed E-state index contributed by atoms with van der Waals surface area (Å²) in [6.45, 7) is 2.18. The van der Waals surface area contributed by atoms with E-state index in [1.54, 1.807) is 14.2 Å². The highest BCUT2D eigenvalue weighted by molar-refractivity contribution is 5.43. The molecule has 0 saturated heterocycles. The summed E-state index contributed by atoms with van der Waals surface area (Å²) in [6.07, 6.45) is 5.26. The van der Waals surface area contributed by atoms with E-state index in [0.717, 1.165) is 24.8 Å². The van der Waals surface area contributed by atoms with Crippen molar-refractivity contribution < 1.29 is 14.6 Å². The Morgan fingerprint density at radius 1 is 1.16 bits per heavy atom. The Labute approximate surface area is 115 Å². The van der Waals surface area contributed by atoms with Gasteiger partial charge in [-0.1, -0.05) is 25.8 Å². The van der Waals surface area contributed by atoms with Crippen molar-refractivity contribution in [1.82, 2.24) is 0 Å². The Morgan fingerprint density at radius 3 is 2.32 bits per heavy atom. The molecule has 0 spiro atoms. The fourth-order valence-corrected chi connectivity index (χ4v) is 3.28. The summed E-state index contributed by atoms with van der Waals surface area (Å²) < 4.78 is 10.6. The van der Waals surface area contributed by atoms with Crippen molar-refractivity contribution in [2.24, 2.45) is 5.41 Å². The normalized spacial score (nSPS) is 19.2. The van der Waals surface area contributed by atoms with Gasteiger partial charge in [0.05, 0.1) is 20.3 Å². The molecule has 0 aromatic heterocycles. The topological polar surface area (TPSA) is 38.7 Å². The number of hydrogen-bond donors (Lipinski definition) is 1. The predicted molar refractivity (Wildman–Crippen MR) is 75.7 cm³/mol. The summed E-state index contributed by atoms with van der Waals surface area (Å²) in [6, 6.07) is 5.72. The van der Waals surface area contributed by atoms with E-state index < -0.39 is 6.10 Å². The van der Waals surface area contributed by atoms with Crippen molar-refractivity contribution in [3.63, 3.8) is 0 Å². The van der Waals surface area contributed by atoms with Crippen LogP contribution in [0.1, 0.15) is 50.7 Å². The zero-order chi connectivity index (χ0) is 13.9. The van der Waals surface area contributed by atoms with Crippen LogP contribution in [0.15, 0.2) is 18.2 Å². The fraction of sp³-hybridized carbons (Fsp3) is 0.625. The third-order valence-corrected chi connectivity index (χ3v) is 4.61. The highest BCUT2D eigenvalue weighted by Crippen LogP contribution is 2.50. The molecule has 1 N–H and O–H groups in total. The van der Waals surface area contributed by atoms with Gasteiger partial charge in [0.25, 0.3) is 0 Å². The Hall–Kier alpha value is -1.22. The lowest BCUT2D eigenvalue weighted by atomic mass is 9.75. The van der Waals surface area contributed by atoms with Crippen molar-refractivity contribution in [2.45, 2.75) is 45.1 Å². The number of aliphatic hydroxyl groups is 1. The van der Waals surface area contributed by atoms with Crippen LogP contribution >= 0.6 is 0 Å². The zero-order valence-corrected chi connectivity index (χ0v) is 12.1. The monoisotopic (exact) mass is 264 g/mol. The van der Waals surface area contributed by atoms with Gasteiger partial charge in [0.1, 0.15) is 0 Å². The van der Waals surface area contributed by atoms with Crippen LogP contribution in [0.25, 0.3) is 0 Å². The summed E-state index contributed by atoms with van der Waals surface area (Å²) in [5, 5.41) is 10.8. The van der Waals surface area contributed by atoms with Crippen LogP contribution in [0.3, 0.4) is 0 Å². The van der Waals surface area contributed by atoms with Crippen molar-refractivity contribution in [1.29, 1.82) is 0 Å². The average molecular weight is 264 g/mol. The number of ether oxygens (including phenoxy) is 2. The van der Waals surface area contributed by atoms with E-state index in [9.17, 15) is 5.11 Å². The first-order valence-corrected chi connectivity index (χ1v) is 7.07. The Bertz CT molecular complexity index is 422. The minimum atomic E-state index is -0.417.